The highest BCUT2D eigenvalue weighted by Crippen LogP contribution is 2.26. The van der Waals surface area contributed by atoms with E-state index in [4.69, 9.17) is 4.74 Å². The number of nitrogens with zero attached hydrogens (tertiary/aromatic N) is 1. The van der Waals surface area contributed by atoms with Crippen molar-refractivity contribution in [3.8, 4) is 0 Å². The Morgan fingerprint density at radius 2 is 1.59 bits per heavy atom. The third-order valence-electron chi connectivity index (χ3n) is 4.05. The minimum absolute atomic E-state index is 0. The third kappa shape index (κ3) is 6.10. The standard InChI is InChI=1S/C20H21N3O2.2ClH/c1-21-18(12-17-13-22-14-23-17)20(24)25-19(15-8-4-2-5-9-15)16-10-6-3-7-11-16;;/h2-11,13-14,18-19,21H,12H2,1H3,(H,22,23);2*1H/t18-;;/m0../s1. The molecular weight excluding hydrogens is 385 g/mol. The number of likely N-dealkylation sites (N-methyl/N-ethyl adjacent to an activating group) is 1. The van der Waals surface area contributed by atoms with E-state index >= 15 is 0 Å². The molecule has 7 heteroatoms. The lowest BCUT2D eigenvalue weighted by atomic mass is 10.0. The SMILES string of the molecule is CN[C@@H](Cc1cnc[nH]1)C(=O)OC(c1ccccc1)c1ccccc1.Cl.Cl. The van der Waals surface area contributed by atoms with Crippen LogP contribution in [0.5, 0.6) is 0 Å². The highest BCUT2D eigenvalue weighted by atomic mass is 35.5. The number of imidazole rings is 1. The molecule has 0 fully saturated rings. The summed E-state index contributed by atoms with van der Waals surface area (Å²) < 4.78 is 5.89. The van der Waals surface area contributed by atoms with Gasteiger partial charge in [0.1, 0.15) is 6.04 Å². The van der Waals surface area contributed by atoms with Crippen molar-refractivity contribution >= 4 is 30.8 Å². The smallest absolute Gasteiger partial charge is 0.324 e. The maximum Gasteiger partial charge on any atom is 0.324 e. The Balaban J connectivity index is 0.00000182. The van der Waals surface area contributed by atoms with Gasteiger partial charge < -0.3 is 15.0 Å². The highest BCUT2D eigenvalue weighted by molar-refractivity contribution is 5.85. The summed E-state index contributed by atoms with van der Waals surface area (Å²) >= 11 is 0. The molecule has 1 aromatic heterocycles. The second-order valence-corrected chi connectivity index (χ2v) is 5.76. The van der Waals surface area contributed by atoms with E-state index in [2.05, 4.69) is 15.3 Å². The van der Waals surface area contributed by atoms with E-state index in [9.17, 15) is 4.79 Å². The lowest BCUT2D eigenvalue weighted by Crippen LogP contribution is -2.38. The quantitative estimate of drug-likeness (QED) is 0.585. The Morgan fingerprint density at radius 1 is 1.04 bits per heavy atom. The predicted molar refractivity (Wildman–Crippen MR) is 110 cm³/mol. The zero-order valence-electron chi connectivity index (χ0n) is 14.9. The van der Waals surface area contributed by atoms with Gasteiger partial charge in [0.05, 0.1) is 6.33 Å². The molecule has 0 bridgehead atoms. The van der Waals surface area contributed by atoms with Crippen molar-refractivity contribution in [3.63, 3.8) is 0 Å². The topological polar surface area (TPSA) is 67.0 Å². The van der Waals surface area contributed by atoms with Crippen molar-refractivity contribution in [2.75, 3.05) is 7.05 Å². The summed E-state index contributed by atoms with van der Waals surface area (Å²) in [5.41, 5.74) is 2.77. The fraction of sp³-hybridized carbons (Fsp3) is 0.200. The molecule has 0 spiro atoms. The molecule has 0 aliphatic heterocycles. The van der Waals surface area contributed by atoms with Crippen molar-refractivity contribution in [2.45, 2.75) is 18.6 Å². The zero-order chi connectivity index (χ0) is 17.5. The molecule has 1 heterocycles. The Morgan fingerprint density at radius 3 is 2.04 bits per heavy atom. The minimum Gasteiger partial charge on any atom is -0.451 e. The zero-order valence-corrected chi connectivity index (χ0v) is 16.5. The second-order valence-electron chi connectivity index (χ2n) is 5.76. The van der Waals surface area contributed by atoms with E-state index in [0.29, 0.717) is 6.42 Å². The number of esters is 1. The lowest BCUT2D eigenvalue weighted by Gasteiger charge is -2.22. The number of hydrogen-bond acceptors (Lipinski definition) is 4. The Hall–Kier alpha value is -2.34. The molecule has 0 aliphatic rings. The molecule has 3 aromatic rings. The van der Waals surface area contributed by atoms with Crippen LogP contribution in [0.4, 0.5) is 0 Å². The van der Waals surface area contributed by atoms with E-state index in [1.807, 2.05) is 60.7 Å². The summed E-state index contributed by atoms with van der Waals surface area (Å²) in [6.07, 6.45) is 3.37. The molecule has 0 saturated carbocycles. The van der Waals surface area contributed by atoms with Crippen LogP contribution in [0, 0.1) is 0 Å². The summed E-state index contributed by atoms with van der Waals surface area (Å²) in [4.78, 5) is 19.7. The van der Waals surface area contributed by atoms with Crippen LogP contribution in [-0.4, -0.2) is 29.0 Å². The average molecular weight is 408 g/mol. The first kappa shape index (κ1) is 22.7. The fourth-order valence-corrected chi connectivity index (χ4v) is 2.70. The van der Waals surface area contributed by atoms with E-state index in [-0.39, 0.29) is 30.8 Å². The normalized spacial score (nSPS) is 11.2. The molecular formula is C20H23Cl2N3O2. The van der Waals surface area contributed by atoms with Gasteiger partial charge in [0.2, 0.25) is 0 Å². The molecule has 5 nitrogen and oxygen atoms in total. The molecule has 2 aromatic carbocycles. The van der Waals surface area contributed by atoms with Crippen molar-refractivity contribution in [1.82, 2.24) is 15.3 Å². The van der Waals surface area contributed by atoms with Gasteiger partial charge >= 0.3 is 5.97 Å². The van der Waals surface area contributed by atoms with Crippen LogP contribution in [-0.2, 0) is 16.0 Å². The van der Waals surface area contributed by atoms with Crippen molar-refractivity contribution in [3.05, 3.63) is 90.0 Å². The number of aromatic nitrogens is 2. The summed E-state index contributed by atoms with van der Waals surface area (Å²) in [5, 5.41) is 3.03. The minimum atomic E-state index is -0.449. The van der Waals surface area contributed by atoms with Gasteiger partial charge in [-0.1, -0.05) is 60.7 Å². The number of carbonyl (C=O) groups excluding carboxylic acids is 1. The van der Waals surface area contributed by atoms with Crippen LogP contribution < -0.4 is 5.32 Å². The second kappa shape index (κ2) is 11.4. The van der Waals surface area contributed by atoms with Gasteiger partial charge in [-0.2, -0.15) is 0 Å². The molecule has 27 heavy (non-hydrogen) atoms. The van der Waals surface area contributed by atoms with Crippen LogP contribution >= 0.6 is 24.8 Å². The van der Waals surface area contributed by atoms with Crippen LogP contribution in [0.15, 0.2) is 73.2 Å². The van der Waals surface area contributed by atoms with Crippen LogP contribution in [0.2, 0.25) is 0 Å². The van der Waals surface area contributed by atoms with E-state index in [0.717, 1.165) is 16.8 Å². The molecule has 0 aliphatic carbocycles. The monoisotopic (exact) mass is 407 g/mol. The van der Waals surface area contributed by atoms with Gasteiger partial charge in [-0.15, -0.1) is 24.8 Å². The number of halogens is 2. The maximum absolute atomic E-state index is 12.7. The molecule has 0 amide bonds. The predicted octanol–water partition coefficient (Wildman–Crippen LogP) is 3.72. The molecule has 1 atom stereocenters. The first-order chi connectivity index (χ1) is 12.3. The van der Waals surface area contributed by atoms with Crippen molar-refractivity contribution in [1.29, 1.82) is 0 Å². The van der Waals surface area contributed by atoms with Gasteiger partial charge in [-0.3, -0.25) is 4.79 Å². The molecule has 0 radical (unpaired) electrons. The van der Waals surface area contributed by atoms with E-state index < -0.39 is 12.1 Å². The number of H-pyrrole nitrogens is 1. The van der Waals surface area contributed by atoms with Gasteiger partial charge in [0.15, 0.2) is 6.10 Å². The third-order valence-corrected chi connectivity index (χ3v) is 4.05. The van der Waals surface area contributed by atoms with E-state index in [1.165, 1.54) is 0 Å². The lowest BCUT2D eigenvalue weighted by molar-refractivity contribution is -0.150. The van der Waals surface area contributed by atoms with Crippen molar-refractivity contribution in [2.24, 2.45) is 0 Å². The summed E-state index contributed by atoms with van der Waals surface area (Å²) in [6.45, 7) is 0. The highest BCUT2D eigenvalue weighted by Gasteiger charge is 2.25. The molecule has 0 saturated heterocycles. The Bertz CT molecular complexity index is 744. The molecule has 0 unspecified atom stereocenters. The van der Waals surface area contributed by atoms with Crippen LogP contribution in [0.3, 0.4) is 0 Å². The number of carbonyl (C=O) groups is 1. The van der Waals surface area contributed by atoms with Gasteiger partial charge in [0, 0.05) is 18.3 Å². The van der Waals surface area contributed by atoms with Gasteiger partial charge in [-0.05, 0) is 18.2 Å². The first-order valence-electron chi connectivity index (χ1n) is 8.23. The maximum atomic E-state index is 12.7. The van der Waals surface area contributed by atoms with Crippen LogP contribution in [0.25, 0.3) is 0 Å². The number of rotatable bonds is 7. The Labute approximate surface area is 171 Å². The molecule has 2 N–H and O–H groups in total. The largest absolute Gasteiger partial charge is 0.451 e. The summed E-state index contributed by atoms with van der Waals surface area (Å²) in [7, 11) is 1.75. The Kier molecular flexibility index (Phi) is 9.58. The molecule has 3 rings (SSSR count). The number of benzene rings is 2. The number of ether oxygens (including phenoxy) is 1. The number of aromatic amines is 1. The van der Waals surface area contributed by atoms with Gasteiger partial charge in [0.25, 0.3) is 0 Å². The molecule has 144 valence electrons. The number of hydrogen-bond donors (Lipinski definition) is 2. The average Bonchev–Trinajstić information content (AvgIpc) is 3.18. The summed E-state index contributed by atoms with van der Waals surface area (Å²) in [5.74, 6) is -0.296. The number of nitrogens with one attached hydrogen (secondary N) is 2. The summed E-state index contributed by atoms with van der Waals surface area (Å²) in [6, 6.07) is 19.1. The fourth-order valence-electron chi connectivity index (χ4n) is 2.70. The van der Waals surface area contributed by atoms with Gasteiger partial charge in [-0.25, -0.2) is 4.98 Å². The van der Waals surface area contributed by atoms with Crippen LogP contribution in [0.1, 0.15) is 22.9 Å². The van der Waals surface area contributed by atoms with Crippen molar-refractivity contribution < 1.29 is 9.53 Å². The van der Waals surface area contributed by atoms with E-state index in [1.54, 1.807) is 19.6 Å². The first-order valence-corrected chi connectivity index (χ1v) is 8.23.